The Morgan fingerprint density at radius 2 is 1.83 bits per heavy atom. The van der Waals surface area contributed by atoms with Crippen molar-refractivity contribution in [1.29, 1.82) is 0 Å². The number of benzene rings is 1. The Hall–Kier alpha value is -1.28. The van der Waals surface area contributed by atoms with Crippen LogP contribution in [0.3, 0.4) is 0 Å². The number of aliphatic hydroxyl groups is 1. The van der Waals surface area contributed by atoms with Crippen LogP contribution < -0.4 is 4.74 Å². The van der Waals surface area contributed by atoms with Gasteiger partial charge in [-0.15, -0.1) is 0 Å². The third-order valence-electron chi connectivity index (χ3n) is 6.16. The second kappa shape index (κ2) is 6.55. The summed E-state index contributed by atoms with van der Waals surface area (Å²) in [6.07, 6.45) is 9.45. The molecule has 4 atom stereocenters. The second-order valence-corrected chi connectivity index (χ2v) is 8.64. The van der Waals surface area contributed by atoms with Crippen LogP contribution in [-0.4, -0.2) is 16.3 Å². The van der Waals surface area contributed by atoms with E-state index in [1.54, 1.807) is 0 Å². The summed E-state index contributed by atoms with van der Waals surface area (Å²) in [6.45, 7) is 8.77. The minimum Gasteiger partial charge on any atom is -0.483 e. The molecule has 0 unspecified atom stereocenters. The Balaban J connectivity index is 1.95. The Morgan fingerprint density at radius 3 is 2.58 bits per heavy atom. The van der Waals surface area contributed by atoms with Crippen LogP contribution >= 0.6 is 0 Å². The topological polar surface area (TPSA) is 29.5 Å². The average molecular weight is 328 g/mol. The Kier molecular flexibility index (Phi) is 4.79. The van der Waals surface area contributed by atoms with Gasteiger partial charge in [0.15, 0.2) is 0 Å². The van der Waals surface area contributed by atoms with E-state index in [1.165, 1.54) is 5.56 Å². The molecule has 2 aliphatic rings. The van der Waals surface area contributed by atoms with Gasteiger partial charge >= 0.3 is 0 Å². The van der Waals surface area contributed by atoms with E-state index in [4.69, 9.17) is 4.74 Å². The SMILES string of the molecule is CC(C)[C@H]1/C=C/[C@]2(C)Oc3ccccc3C[C@H]2CC[C@@](C)(O)CC1. The maximum absolute atomic E-state index is 10.8. The van der Waals surface area contributed by atoms with Crippen LogP contribution in [0.1, 0.15) is 58.9 Å². The van der Waals surface area contributed by atoms with Crippen molar-refractivity contribution in [2.45, 2.75) is 71.0 Å². The molecule has 0 radical (unpaired) electrons. The lowest BCUT2D eigenvalue weighted by Crippen LogP contribution is -2.44. The summed E-state index contributed by atoms with van der Waals surface area (Å²) in [6, 6.07) is 8.39. The lowest BCUT2D eigenvalue weighted by atomic mass is 9.73. The lowest BCUT2D eigenvalue weighted by molar-refractivity contribution is 0.00141. The first-order chi connectivity index (χ1) is 11.3. The first-order valence-corrected chi connectivity index (χ1v) is 9.48. The van der Waals surface area contributed by atoms with E-state index in [1.807, 2.05) is 13.0 Å². The van der Waals surface area contributed by atoms with Gasteiger partial charge in [-0.2, -0.15) is 0 Å². The molecule has 24 heavy (non-hydrogen) atoms. The van der Waals surface area contributed by atoms with Crippen LogP contribution in [0, 0.1) is 17.8 Å². The van der Waals surface area contributed by atoms with Gasteiger partial charge in [-0.05, 0) is 75.5 Å². The average Bonchev–Trinajstić information content (AvgIpc) is 2.52. The van der Waals surface area contributed by atoms with Gasteiger partial charge < -0.3 is 9.84 Å². The van der Waals surface area contributed by atoms with E-state index in [0.717, 1.165) is 37.9 Å². The monoisotopic (exact) mass is 328 g/mol. The molecule has 0 saturated carbocycles. The summed E-state index contributed by atoms with van der Waals surface area (Å²) in [4.78, 5) is 0. The van der Waals surface area contributed by atoms with Crippen LogP contribution in [0.5, 0.6) is 5.75 Å². The van der Waals surface area contributed by atoms with Gasteiger partial charge in [0.2, 0.25) is 0 Å². The zero-order chi connectivity index (χ0) is 17.4. The minimum atomic E-state index is -0.573. The molecule has 0 fully saturated rings. The van der Waals surface area contributed by atoms with E-state index in [-0.39, 0.29) is 5.60 Å². The minimum absolute atomic E-state index is 0.283. The molecule has 0 aromatic heterocycles. The Morgan fingerprint density at radius 1 is 1.12 bits per heavy atom. The zero-order valence-corrected chi connectivity index (χ0v) is 15.6. The summed E-state index contributed by atoms with van der Waals surface area (Å²) >= 11 is 0. The smallest absolute Gasteiger partial charge is 0.127 e. The van der Waals surface area contributed by atoms with E-state index in [2.05, 4.69) is 51.1 Å². The third kappa shape index (κ3) is 3.69. The predicted molar refractivity (Wildman–Crippen MR) is 99.2 cm³/mol. The zero-order valence-electron chi connectivity index (χ0n) is 15.6. The molecule has 132 valence electrons. The number of allylic oxidation sites excluding steroid dienone is 1. The first kappa shape index (κ1) is 17.5. The van der Waals surface area contributed by atoms with Crippen molar-refractivity contribution in [3.05, 3.63) is 42.0 Å². The molecule has 3 rings (SSSR count). The van der Waals surface area contributed by atoms with E-state index in [0.29, 0.717) is 17.8 Å². The molecule has 0 saturated heterocycles. The van der Waals surface area contributed by atoms with Crippen LogP contribution in [0.15, 0.2) is 36.4 Å². The molecule has 2 nitrogen and oxygen atoms in total. The fraction of sp³-hybridized carbons (Fsp3) is 0.636. The summed E-state index contributed by atoms with van der Waals surface area (Å²) in [5, 5.41) is 10.8. The normalized spacial score (nSPS) is 37.9. The maximum Gasteiger partial charge on any atom is 0.127 e. The van der Waals surface area contributed by atoms with Crippen molar-refractivity contribution in [3.63, 3.8) is 0 Å². The fourth-order valence-electron chi connectivity index (χ4n) is 4.17. The molecule has 0 amide bonds. The van der Waals surface area contributed by atoms with Gasteiger partial charge in [-0.3, -0.25) is 0 Å². The summed E-state index contributed by atoms with van der Waals surface area (Å²) < 4.78 is 6.48. The number of fused-ring (bicyclic) bond motifs is 2. The van der Waals surface area contributed by atoms with Crippen LogP contribution in [0.4, 0.5) is 0 Å². The second-order valence-electron chi connectivity index (χ2n) is 8.64. The lowest BCUT2D eigenvalue weighted by Gasteiger charge is -2.43. The Bertz CT molecular complexity index is 602. The van der Waals surface area contributed by atoms with Crippen molar-refractivity contribution in [3.8, 4) is 5.75 Å². The highest BCUT2D eigenvalue weighted by Crippen LogP contribution is 2.42. The molecule has 1 aromatic carbocycles. The molecule has 0 spiro atoms. The predicted octanol–water partition coefficient (Wildman–Crippen LogP) is 5.15. The molecular formula is C22H32O2. The molecular weight excluding hydrogens is 296 g/mol. The fourth-order valence-corrected chi connectivity index (χ4v) is 4.17. The van der Waals surface area contributed by atoms with E-state index >= 15 is 0 Å². The number of hydrogen-bond donors (Lipinski definition) is 1. The van der Waals surface area contributed by atoms with Crippen LogP contribution in [0.25, 0.3) is 0 Å². The molecule has 1 N–H and O–H groups in total. The van der Waals surface area contributed by atoms with Crippen molar-refractivity contribution >= 4 is 0 Å². The van der Waals surface area contributed by atoms with Gasteiger partial charge in [0, 0.05) is 5.92 Å². The highest BCUT2D eigenvalue weighted by atomic mass is 16.5. The molecule has 1 aromatic rings. The molecule has 0 bridgehead atoms. The number of ether oxygens (including phenoxy) is 1. The maximum atomic E-state index is 10.8. The molecule has 1 aliphatic heterocycles. The van der Waals surface area contributed by atoms with Gasteiger partial charge in [0.1, 0.15) is 11.4 Å². The highest BCUT2D eigenvalue weighted by Gasteiger charge is 2.40. The molecule has 2 heteroatoms. The van der Waals surface area contributed by atoms with Crippen molar-refractivity contribution < 1.29 is 9.84 Å². The van der Waals surface area contributed by atoms with Crippen molar-refractivity contribution in [2.75, 3.05) is 0 Å². The highest BCUT2D eigenvalue weighted by molar-refractivity contribution is 5.38. The van der Waals surface area contributed by atoms with Gasteiger partial charge in [-0.1, -0.05) is 38.1 Å². The van der Waals surface area contributed by atoms with Crippen LogP contribution in [-0.2, 0) is 6.42 Å². The summed E-state index contributed by atoms with van der Waals surface area (Å²) in [5.74, 6) is 2.49. The molecule has 1 heterocycles. The largest absolute Gasteiger partial charge is 0.483 e. The quantitative estimate of drug-likeness (QED) is 0.722. The molecule has 1 aliphatic carbocycles. The number of para-hydroxylation sites is 1. The van der Waals surface area contributed by atoms with Crippen molar-refractivity contribution in [1.82, 2.24) is 0 Å². The van der Waals surface area contributed by atoms with Gasteiger partial charge in [0.05, 0.1) is 5.60 Å². The van der Waals surface area contributed by atoms with Gasteiger partial charge in [0.25, 0.3) is 0 Å². The van der Waals surface area contributed by atoms with Crippen LogP contribution in [0.2, 0.25) is 0 Å². The standard InChI is InChI=1S/C22H32O2/c1-16(2)17-9-12-21(3,23)13-11-19-15-18-7-5-6-8-20(18)24-22(19,4)14-10-17/h5-8,10,14,16-17,19,23H,9,11-13,15H2,1-4H3/b14-10+/t17-,19-,21+,22+/m1/s1. The van der Waals surface area contributed by atoms with E-state index in [9.17, 15) is 5.11 Å². The first-order valence-electron chi connectivity index (χ1n) is 9.48. The summed E-state index contributed by atoms with van der Waals surface area (Å²) in [5.41, 5.74) is 0.441. The van der Waals surface area contributed by atoms with E-state index < -0.39 is 5.60 Å². The number of rotatable bonds is 1. The summed E-state index contributed by atoms with van der Waals surface area (Å²) in [7, 11) is 0. The number of hydrogen-bond acceptors (Lipinski definition) is 2. The van der Waals surface area contributed by atoms with Gasteiger partial charge in [-0.25, -0.2) is 0 Å². The third-order valence-corrected chi connectivity index (χ3v) is 6.16. The Labute approximate surface area is 146 Å². The van der Waals surface area contributed by atoms with Crippen molar-refractivity contribution in [2.24, 2.45) is 17.8 Å².